The smallest absolute Gasteiger partial charge is 0.223 e. The molecule has 3 heterocycles. The van der Waals surface area contributed by atoms with Crippen molar-refractivity contribution in [1.82, 2.24) is 19.9 Å². The zero-order valence-electron chi connectivity index (χ0n) is 14.1. The molecule has 1 unspecified atom stereocenters. The van der Waals surface area contributed by atoms with E-state index in [0.29, 0.717) is 18.2 Å². The van der Waals surface area contributed by atoms with Gasteiger partial charge < -0.3 is 5.32 Å². The molecular formula is C18H18N6S. The third-order valence-electron chi connectivity index (χ3n) is 3.57. The van der Waals surface area contributed by atoms with Gasteiger partial charge in [0.1, 0.15) is 10.9 Å². The van der Waals surface area contributed by atoms with Gasteiger partial charge in [0.25, 0.3) is 0 Å². The van der Waals surface area contributed by atoms with Gasteiger partial charge in [-0.3, -0.25) is 4.98 Å². The fourth-order valence-corrected chi connectivity index (χ4v) is 3.27. The Morgan fingerprint density at radius 3 is 2.76 bits per heavy atom. The average molecular weight is 350 g/mol. The van der Waals surface area contributed by atoms with Crippen LogP contribution in [-0.2, 0) is 6.42 Å². The van der Waals surface area contributed by atoms with E-state index in [1.807, 2.05) is 43.5 Å². The van der Waals surface area contributed by atoms with Crippen molar-refractivity contribution >= 4 is 17.3 Å². The highest BCUT2D eigenvalue weighted by Gasteiger charge is 2.20. The van der Waals surface area contributed by atoms with Crippen LogP contribution in [0.1, 0.15) is 33.7 Å². The Bertz CT molecular complexity index is 884. The first-order chi connectivity index (χ1) is 12.2. The van der Waals surface area contributed by atoms with E-state index in [-0.39, 0.29) is 0 Å². The fourth-order valence-electron chi connectivity index (χ4n) is 2.42. The second-order valence-electron chi connectivity index (χ2n) is 5.64. The zero-order valence-corrected chi connectivity index (χ0v) is 14.9. The van der Waals surface area contributed by atoms with Crippen LogP contribution in [0.3, 0.4) is 0 Å². The molecule has 0 spiro atoms. The van der Waals surface area contributed by atoms with Gasteiger partial charge in [0, 0.05) is 41.6 Å². The van der Waals surface area contributed by atoms with Gasteiger partial charge in [-0.1, -0.05) is 6.07 Å². The molecule has 0 aromatic carbocycles. The molecule has 6 nitrogen and oxygen atoms in total. The Hall–Kier alpha value is -2.85. The van der Waals surface area contributed by atoms with Crippen molar-refractivity contribution in [2.45, 2.75) is 26.2 Å². The number of nitrogens with one attached hydrogen (secondary N) is 1. The Labute approximate surface area is 150 Å². The van der Waals surface area contributed by atoms with Gasteiger partial charge in [0.05, 0.1) is 11.8 Å². The first-order valence-electron chi connectivity index (χ1n) is 7.96. The molecule has 3 aromatic rings. The predicted octanol–water partition coefficient (Wildman–Crippen LogP) is 3.26. The molecular weight excluding hydrogens is 332 g/mol. The number of nitriles is 1. The third kappa shape index (κ3) is 4.37. The van der Waals surface area contributed by atoms with Crippen molar-refractivity contribution < 1.29 is 0 Å². The maximum Gasteiger partial charge on any atom is 0.223 e. The maximum absolute atomic E-state index is 9.58. The van der Waals surface area contributed by atoms with Gasteiger partial charge in [-0.05, 0) is 32.0 Å². The van der Waals surface area contributed by atoms with Crippen LogP contribution in [-0.4, -0.2) is 26.5 Å². The standard InChI is InChI=1S/C18H18N6S/c1-12-9-16(15(10-19)17-22-13(2)11-25-17)24-18(23-12)21-8-6-14-5-3-4-7-20-14/h3-5,7,9,11,15H,6,8H2,1-2H3,(H,21,23,24). The minimum atomic E-state index is -0.475. The highest BCUT2D eigenvalue weighted by atomic mass is 32.1. The van der Waals surface area contributed by atoms with E-state index in [1.165, 1.54) is 11.3 Å². The fraction of sp³-hybridized carbons (Fsp3) is 0.278. The summed E-state index contributed by atoms with van der Waals surface area (Å²) < 4.78 is 0. The molecule has 0 fully saturated rings. The van der Waals surface area contributed by atoms with E-state index in [4.69, 9.17) is 0 Å². The lowest BCUT2D eigenvalue weighted by Gasteiger charge is -2.10. The SMILES string of the molecule is Cc1cc(C(C#N)c2nc(C)cs2)nc(NCCc2ccccn2)n1. The summed E-state index contributed by atoms with van der Waals surface area (Å²) in [7, 11) is 0. The van der Waals surface area contributed by atoms with Gasteiger partial charge in [0.15, 0.2) is 0 Å². The summed E-state index contributed by atoms with van der Waals surface area (Å²) in [5, 5.41) is 15.5. The molecule has 25 heavy (non-hydrogen) atoms. The number of rotatable bonds is 6. The summed E-state index contributed by atoms with van der Waals surface area (Å²) in [6.45, 7) is 4.49. The van der Waals surface area contributed by atoms with E-state index in [9.17, 15) is 5.26 Å². The van der Waals surface area contributed by atoms with Crippen LogP contribution in [0.4, 0.5) is 5.95 Å². The Morgan fingerprint density at radius 2 is 2.08 bits per heavy atom. The topological polar surface area (TPSA) is 87.4 Å². The molecule has 0 radical (unpaired) electrons. The normalized spacial score (nSPS) is 11.7. The van der Waals surface area contributed by atoms with E-state index in [1.54, 1.807) is 6.20 Å². The average Bonchev–Trinajstić information content (AvgIpc) is 3.02. The molecule has 1 atom stereocenters. The summed E-state index contributed by atoms with van der Waals surface area (Å²) in [5.74, 6) is 0.0520. The lowest BCUT2D eigenvalue weighted by atomic mass is 10.1. The summed E-state index contributed by atoms with van der Waals surface area (Å²) in [4.78, 5) is 17.7. The van der Waals surface area contributed by atoms with Crippen molar-refractivity contribution in [1.29, 1.82) is 5.26 Å². The second kappa shape index (κ2) is 7.81. The number of thiazole rings is 1. The van der Waals surface area contributed by atoms with Crippen LogP contribution < -0.4 is 5.32 Å². The summed E-state index contributed by atoms with van der Waals surface area (Å²) >= 11 is 1.48. The van der Waals surface area contributed by atoms with Crippen molar-refractivity contribution in [3.05, 3.63) is 63.6 Å². The van der Waals surface area contributed by atoms with Crippen molar-refractivity contribution in [2.75, 3.05) is 11.9 Å². The lowest BCUT2D eigenvalue weighted by Crippen LogP contribution is -2.11. The quantitative estimate of drug-likeness (QED) is 0.734. The molecule has 3 aromatic heterocycles. The van der Waals surface area contributed by atoms with Crippen LogP contribution in [0, 0.1) is 25.2 Å². The highest BCUT2D eigenvalue weighted by molar-refractivity contribution is 7.09. The lowest BCUT2D eigenvalue weighted by molar-refractivity contribution is 0.892. The minimum Gasteiger partial charge on any atom is -0.354 e. The van der Waals surface area contributed by atoms with Crippen LogP contribution in [0.15, 0.2) is 35.8 Å². The molecule has 0 amide bonds. The molecule has 0 saturated carbocycles. The van der Waals surface area contributed by atoms with Crippen LogP contribution in [0.5, 0.6) is 0 Å². The molecule has 126 valence electrons. The van der Waals surface area contributed by atoms with E-state index < -0.39 is 5.92 Å². The van der Waals surface area contributed by atoms with Gasteiger partial charge in [-0.2, -0.15) is 5.26 Å². The molecule has 7 heteroatoms. The molecule has 3 rings (SSSR count). The first-order valence-corrected chi connectivity index (χ1v) is 8.84. The molecule has 0 aliphatic rings. The van der Waals surface area contributed by atoms with Gasteiger partial charge in [0.2, 0.25) is 5.95 Å². The number of nitrogens with zero attached hydrogens (tertiary/aromatic N) is 5. The Balaban J connectivity index is 1.74. The number of hydrogen-bond donors (Lipinski definition) is 1. The van der Waals surface area contributed by atoms with Crippen LogP contribution in [0.2, 0.25) is 0 Å². The summed E-state index contributed by atoms with van der Waals surface area (Å²) in [5.41, 5.74) is 3.42. The minimum absolute atomic E-state index is 0.475. The number of aryl methyl sites for hydroxylation is 2. The van der Waals surface area contributed by atoms with E-state index >= 15 is 0 Å². The number of aromatic nitrogens is 4. The molecule has 0 aliphatic carbocycles. The van der Waals surface area contributed by atoms with Gasteiger partial charge in [-0.25, -0.2) is 15.0 Å². The van der Waals surface area contributed by atoms with Crippen molar-refractivity contribution in [3.63, 3.8) is 0 Å². The monoisotopic (exact) mass is 350 g/mol. The highest BCUT2D eigenvalue weighted by Crippen LogP contribution is 2.26. The molecule has 1 N–H and O–H groups in total. The van der Waals surface area contributed by atoms with Crippen LogP contribution in [0.25, 0.3) is 0 Å². The third-order valence-corrected chi connectivity index (χ3v) is 4.60. The molecule has 0 saturated heterocycles. The van der Waals surface area contributed by atoms with Gasteiger partial charge >= 0.3 is 0 Å². The number of anilines is 1. The van der Waals surface area contributed by atoms with Crippen LogP contribution >= 0.6 is 11.3 Å². The largest absolute Gasteiger partial charge is 0.354 e. The summed E-state index contributed by atoms with van der Waals surface area (Å²) in [6, 6.07) is 10.0. The molecule has 0 bridgehead atoms. The zero-order chi connectivity index (χ0) is 17.6. The predicted molar refractivity (Wildman–Crippen MR) is 97.5 cm³/mol. The van der Waals surface area contributed by atoms with E-state index in [2.05, 4.69) is 31.3 Å². The molecule has 0 aliphatic heterocycles. The van der Waals surface area contributed by atoms with Gasteiger partial charge in [-0.15, -0.1) is 11.3 Å². The van der Waals surface area contributed by atoms with E-state index in [0.717, 1.165) is 28.5 Å². The first kappa shape index (κ1) is 17.0. The second-order valence-corrected chi connectivity index (χ2v) is 6.53. The Kier molecular flexibility index (Phi) is 5.31. The van der Waals surface area contributed by atoms with Crippen molar-refractivity contribution in [3.8, 4) is 6.07 Å². The number of hydrogen-bond acceptors (Lipinski definition) is 7. The summed E-state index contributed by atoms with van der Waals surface area (Å²) in [6.07, 6.45) is 2.56. The maximum atomic E-state index is 9.58. The number of pyridine rings is 1. The van der Waals surface area contributed by atoms with Crippen molar-refractivity contribution in [2.24, 2.45) is 0 Å². The Morgan fingerprint density at radius 1 is 1.20 bits per heavy atom.